The molecule has 5 heteroatoms. The molecule has 0 fully saturated rings. The molecule has 0 atom stereocenters. The number of nitrogens with zero attached hydrogens (tertiary/aromatic N) is 2. The van der Waals surface area contributed by atoms with Gasteiger partial charge >= 0.3 is 0 Å². The largest absolute Gasteiger partial charge is 0.292 e. The van der Waals surface area contributed by atoms with Crippen molar-refractivity contribution in [1.29, 1.82) is 0 Å². The minimum absolute atomic E-state index is 0.0162. The molecule has 0 aliphatic heterocycles. The fraction of sp³-hybridized carbons (Fsp3) is 0.269. The zero-order chi connectivity index (χ0) is 22.3. The van der Waals surface area contributed by atoms with Crippen LogP contribution in [0.2, 0.25) is 0 Å². The standard InChI is InChI=1S/C26H26N2O2S/c1-15(2)19-8-10-20(11-9-19)22-14-31-25-24(22)26(30)28(18(5)27-25)13-23(29)21-7-6-16(3)17(4)12-21/h6-12,14-15H,13H2,1-5H3. The molecule has 0 aliphatic rings. The van der Waals surface area contributed by atoms with Gasteiger partial charge in [0, 0.05) is 16.5 Å². The summed E-state index contributed by atoms with van der Waals surface area (Å²) < 4.78 is 1.50. The van der Waals surface area contributed by atoms with Gasteiger partial charge in [0.25, 0.3) is 5.56 Å². The van der Waals surface area contributed by atoms with E-state index in [1.807, 2.05) is 37.4 Å². The lowest BCUT2D eigenvalue weighted by Crippen LogP contribution is -2.27. The molecule has 4 rings (SSSR count). The maximum Gasteiger partial charge on any atom is 0.263 e. The van der Waals surface area contributed by atoms with Crippen molar-refractivity contribution in [1.82, 2.24) is 9.55 Å². The number of thiophene rings is 1. The van der Waals surface area contributed by atoms with Crippen LogP contribution in [0.15, 0.2) is 52.6 Å². The van der Waals surface area contributed by atoms with Crippen LogP contribution in [0, 0.1) is 20.8 Å². The SMILES string of the molecule is Cc1ccc(C(=O)Cn2c(C)nc3scc(-c4ccc(C(C)C)cc4)c3c2=O)cc1C. The molecule has 2 aromatic carbocycles. The van der Waals surface area contributed by atoms with Crippen LogP contribution in [0.5, 0.6) is 0 Å². The van der Waals surface area contributed by atoms with E-state index >= 15 is 0 Å². The molecular formula is C26H26N2O2S. The minimum Gasteiger partial charge on any atom is -0.292 e. The summed E-state index contributed by atoms with van der Waals surface area (Å²) in [4.78, 5) is 31.7. The predicted octanol–water partition coefficient (Wildman–Crippen LogP) is 6.06. The number of carbonyl (C=O) groups excluding carboxylic acids is 1. The third kappa shape index (κ3) is 3.98. The molecule has 0 unspecified atom stereocenters. The van der Waals surface area contributed by atoms with Crippen LogP contribution in [0.25, 0.3) is 21.3 Å². The van der Waals surface area contributed by atoms with Gasteiger partial charge in [0.15, 0.2) is 5.78 Å². The summed E-state index contributed by atoms with van der Waals surface area (Å²) in [5.41, 5.74) is 5.78. The van der Waals surface area contributed by atoms with Crippen LogP contribution in [-0.4, -0.2) is 15.3 Å². The van der Waals surface area contributed by atoms with E-state index in [0.29, 0.717) is 27.5 Å². The summed E-state index contributed by atoms with van der Waals surface area (Å²) in [5.74, 6) is 0.914. The molecule has 0 saturated carbocycles. The highest BCUT2D eigenvalue weighted by Crippen LogP contribution is 2.32. The van der Waals surface area contributed by atoms with Crippen molar-refractivity contribution < 1.29 is 4.79 Å². The van der Waals surface area contributed by atoms with Gasteiger partial charge in [-0.3, -0.25) is 14.2 Å². The fourth-order valence-electron chi connectivity index (χ4n) is 3.72. The lowest BCUT2D eigenvalue weighted by molar-refractivity contribution is 0.0969. The number of benzene rings is 2. The molecule has 2 heterocycles. The Labute approximate surface area is 186 Å². The second-order valence-corrected chi connectivity index (χ2v) is 9.24. The van der Waals surface area contributed by atoms with E-state index in [2.05, 4.69) is 43.1 Å². The topological polar surface area (TPSA) is 52.0 Å². The number of carbonyl (C=O) groups is 1. The lowest BCUT2D eigenvalue weighted by Gasteiger charge is -2.11. The summed E-state index contributed by atoms with van der Waals surface area (Å²) >= 11 is 1.47. The number of hydrogen-bond donors (Lipinski definition) is 0. The number of Topliss-reactive ketones (excluding diaryl/α,β-unsaturated/α-hetero) is 1. The number of rotatable bonds is 5. The Morgan fingerprint density at radius 2 is 1.74 bits per heavy atom. The van der Waals surface area contributed by atoms with Gasteiger partial charge < -0.3 is 0 Å². The van der Waals surface area contributed by atoms with Gasteiger partial charge in [-0.2, -0.15) is 0 Å². The molecule has 0 bridgehead atoms. The molecule has 4 nitrogen and oxygen atoms in total. The second-order valence-electron chi connectivity index (χ2n) is 8.38. The summed E-state index contributed by atoms with van der Waals surface area (Å²) in [5, 5.41) is 2.57. The van der Waals surface area contributed by atoms with Gasteiger partial charge in [-0.1, -0.05) is 50.2 Å². The normalized spacial score (nSPS) is 11.4. The first-order valence-electron chi connectivity index (χ1n) is 10.5. The van der Waals surface area contributed by atoms with Gasteiger partial charge in [-0.25, -0.2) is 4.98 Å². The number of fused-ring (bicyclic) bond motifs is 1. The highest BCUT2D eigenvalue weighted by molar-refractivity contribution is 7.17. The van der Waals surface area contributed by atoms with Crippen molar-refractivity contribution in [2.45, 2.75) is 47.1 Å². The molecule has 0 amide bonds. The fourth-order valence-corrected chi connectivity index (χ4v) is 4.71. The van der Waals surface area contributed by atoms with E-state index in [4.69, 9.17) is 0 Å². The first-order chi connectivity index (χ1) is 14.8. The molecule has 0 N–H and O–H groups in total. The third-order valence-corrected chi connectivity index (χ3v) is 6.78. The van der Waals surface area contributed by atoms with Crippen LogP contribution >= 0.6 is 11.3 Å². The summed E-state index contributed by atoms with van der Waals surface area (Å²) in [6.07, 6.45) is 0. The van der Waals surface area contributed by atoms with Crippen LogP contribution in [0.3, 0.4) is 0 Å². The van der Waals surface area contributed by atoms with Crippen molar-refractivity contribution in [3.05, 3.63) is 86.3 Å². The lowest BCUT2D eigenvalue weighted by atomic mass is 9.99. The molecule has 0 aliphatic carbocycles. The van der Waals surface area contributed by atoms with E-state index in [0.717, 1.165) is 22.3 Å². The van der Waals surface area contributed by atoms with Crippen LogP contribution in [0.1, 0.15) is 52.6 Å². The molecule has 158 valence electrons. The number of aryl methyl sites for hydroxylation is 3. The zero-order valence-corrected chi connectivity index (χ0v) is 19.3. The highest BCUT2D eigenvalue weighted by atomic mass is 32.1. The monoisotopic (exact) mass is 430 g/mol. The van der Waals surface area contributed by atoms with Crippen molar-refractivity contribution in [3.8, 4) is 11.1 Å². The number of hydrogen-bond acceptors (Lipinski definition) is 4. The van der Waals surface area contributed by atoms with Gasteiger partial charge in [-0.05, 0) is 55.0 Å². The Hall–Kier alpha value is -3.05. The van der Waals surface area contributed by atoms with Crippen molar-refractivity contribution >= 4 is 27.3 Å². The molecular weight excluding hydrogens is 404 g/mol. The number of aromatic nitrogens is 2. The summed E-state index contributed by atoms with van der Waals surface area (Å²) in [6, 6.07) is 14.0. The third-order valence-electron chi connectivity index (χ3n) is 5.90. The summed E-state index contributed by atoms with van der Waals surface area (Å²) in [6.45, 7) is 10.1. The minimum atomic E-state index is -0.163. The van der Waals surface area contributed by atoms with E-state index < -0.39 is 0 Å². The maximum atomic E-state index is 13.4. The van der Waals surface area contributed by atoms with E-state index in [1.165, 1.54) is 21.5 Å². The van der Waals surface area contributed by atoms with Crippen molar-refractivity contribution in [3.63, 3.8) is 0 Å². The van der Waals surface area contributed by atoms with E-state index in [9.17, 15) is 9.59 Å². The highest BCUT2D eigenvalue weighted by Gasteiger charge is 2.18. The Bertz CT molecular complexity index is 1340. The average Bonchev–Trinajstić information content (AvgIpc) is 3.16. The molecule has 0 saturated heterocycles. The van der Waals surface area contributed by atoms with Crippen molar-refractivity contribution in [2.24, 2.45) is 0 Å². The quantitative estimate of drug-likeness (QED) is 0.362. The molecule has 0 radical (unpaired) electrons. The first kappa shape index (κ1) is 21.2. The Morgan fingerprint density at radius 3 is 2.39 bits per heavy atom. The smallest absolute Gasteiger partial charge is 0.263 e. The second kappa shape index (κ2) is 8.23. The predicted molar refractivity (Wildman–Crippen MR) is 128 cm³/mol. The maximum absolute atomic E-state index is 13.4. The van der Waals surface area contributed by atoms with Crippen LogP contribution in [-0.2, 0) is 6.54 Å². The molecule has 31 heavy (non-hydrogen) atoms. The Balaban J connectivity index is 1.76. The first-order valence-corrected chi connectivity index (χ1v) is 11.3. The molecule has 2 aromatic heterocycles. The molecule has 0 spiro atoms. The number of ketones is 1. The van der Waals surface area contributed by atoms with Crippen molar-refractivity contribution in [2.75, 3.05) is 0 Å². The summed E-state index contributed by atoms with van der Waals surface area (Å²) in [7, 11) is 0. The van der Waals surface area contributed by atoms with E-state index in [-0.39, 0.29) is 17.9 Å². The van der Waals surface area contributed by atoms with Gasteiger partial charge in [0.1, 0.15) is 10.7 Å². The average molecular weight is 431 g/mol. The van der Waals surface area contributed by atoms with Crippen LogP contribution < -0.4 is 5.56 Å². The Morgan fingerprint density at radius 1 is 1.03 bits per heavy atom. The zero-order valence-electron chi connectivity index (χ0n) is 18.5. The molecule has 4 aromatic rings. The van der Waals surface area contributed by atoms with Crippen LogP contribution in [0.4, 0.5) is 0 Å². The van der Waals surface area contributed by atoms with E-state index in [1.54, 1.807) is 6.92 Å². The van der Waals surface area contributed by atoms with Gasteiger partial charge in [0.05, 0.1) is 11.9 Å². The Kier molecular flexibility index (Phi) is 5.63. The van der Waals surface area contributed by atoms with Gasteiger partial charge in [-0.15, -0.1) is 11.3 Å². The van der Waals surface area contributed by atoms with Gasteiger partial charge in [0.2, 0.25) is 0 Å².